The zero-order chi connectivity index (χ0) is 19.4. The molecule has 0 aliphatic rings. The maximum absolute atomic E-state index is 12.1. The van der Waals surface area contributed by atoms with E-state index in [1.165, 1.54) is 0 Å². The lowest BCUT2D eigenvalue weighted by Gasteiger charge is -2.11. The highest BCUT2D eigenvalue weighted by atomic mass is 16.5. The van der Waals surface area contributed by atoms with Crippen LogP contribution in [0, 0.1) is 5.92 Å². The lowest BCUT2D eigenvalue weighted by Crippen LogP contribution is -2.20. The topological polar surface area (TPSA) is 116 Å². The molecule has 140 valence electrons. The van der Waals surface area contributed by atoms with Crippen molar-refractivity contribution in [2.75, 3.05) is 17.2 Å². The number of ether oxygens (including phenoxy) is 1. The molecule has 0 aliphatic carbocycles. The van der Waals surface area contributed by atoms with Crippen LogP contribution < -0.4 is 21.1 Å². The summed E-state index contributed by atoms with van der Waals surface area (Å²) in [6.07, 6.45) is 0. The van der Waals surface area contributed by atoms with E-state index in [0.29, 0.717) is 28.2 Å². The van der Waals surface area contributed by atoms with Gasteiger partial charge in [0, 0.05) is 23.4 Å². The lowest BCUT2D eigenvalue weighted by atomic mass is 10.2. The van der Waals surface area contributed by atoms with Gasteiger partial charge in [-0.3, -0.25) is 9.59 Å². The number of benzene rings is 2. The Labute approximate surface area is 154 Å². The first-order valence-corrected chi connectivity index (χ1v) is 8.46. The average Bonchev–Trinajstić information content (AvgIpc) is 2.99. The molecule has 0 atom stereocenters. The van der Waals surface area contributed by atoms with Crippen LogP contribution in [0.5, 0.6) is 5.75 Å². The van der Waals surface area contributed by atoms with E-state index in [1.54, 1.807) is 56.3 Å². The number of H-pyrrole nitrogens is 2. The van der Waals surface area contributed by atoms with Crippen LogP contribution in [0.4, 0.5) is 11.4 Å². The number of imidazole rings is 1. The van der Waals surface area contributed by atoms with Crippen molar-refractivity contribution in [3.05, 3.63) is 52.9 Å². The van der Waals surface area contributed by atoms with E-state index in [0.717, 1.165) is 0 Å². The van der Waals surface area contributed by atoms with Crippen LogP contribution >= 0.6 is 0 Å². The number of amides is 2. The second-order valence-electron chi connectivity index (χ2n) is 6.35. The molecule has 1 heterocycles. The van der Waals surface area contributed by atoms with E-state index >= 15 is 0 Å². The molecule has 4 N–H and O–H groups in total. The van der Waals surface area contributed by atoms with Gasteiger partial charge in [0.1, 0.15) is 5.75 Å². The minimum Gasteiger partial charge on any atom is -0.484 e. The number of aromatic amines is 2. The fourth-order valence-corrected chi connectivity index (χ4v) is 2.41. The number of nitrogens with one attached hydrogen (secondary N) is 4. The summed E-state index contributed by atoms with van der Waals surface area (Å²) in [5.74, 6) is -0.100. The summed E-state index contributed by atoms with van der Waals surface area (Å²) in [7, 11) is 0. The van der Waals surface area contributed by atoms with Gasteiger partial charge in [0.15, 0.2) is 6.61 Å². The van der Waals surface area contributed by atoms with Gasteiger partial charge >= 0.3 is 5.69 Å². The molecule has 0 bridgehead atoms. The molecular formula is C19H20N4O4. The molecule has 0 spiro atoms. The molecule has 8 heteroatoms. The first kappa shape index (κ1) is 18.2. The number of aromatic nitrogens is 2. The number of anilines is 2. The number of hydrogen-bond acceptors (Lipinski definition) is 4. The Balaban J connectivity index is 1.58. The molecular weight excluding hydrogens is 348 g/mol. The van der Waals surface area contributed by atoms with Gasteiger partial charge in [0.05, 0.1) is 11.0 Å². The molecule has 3 aromatic rings. The Morgan fingerprint density at radius 2 is 1.74 bits per heavy atom. The molecule has 0 unspecified atom stereocenters. The minimum absolute atomic E-state index is 0.0944. The number of carbonyl (C=O) groups is 2. The van der Waals surface area contributed by atoms with Gasteiger partial charge in [-0.1, -0.05) is 19.9 Å². The number of carbonyl (C=O) groups excluding carboxylic acids is 2. The predicted octanol–water partition coefficient (Wildman–Crippen LogP) is 2.47. The summed E-state index contributed by atoms with van der Waals surface area (Å²) >= 11 is 0. The van der Waals surface area contributed by atoms with E-state index < -0.39 is 0 Å². The monoisotopic (exact) mass is 368 g/mol. The van der Waals surface area contributed by atoms with Gasteiger partial charge in [0.25, 0.3) is 5.91 Å². The van der Waals surface area contributed by atoms with Crippen molar-refractivity contribution < 1.29 is 14.3 Å². The minimum atomic E-state index is -0.344. The Kier molecular flexibility index (Phi) is 5.25. The van der Waals surface area contributed by atoms with Crippen molar-refractivity contribution >= 4 is 34.2 Å². The predicted molar refractivity (Wildman–Crippen MR) is 103 cm³/mol. The van der Waals surface area contributed by atoms with Crippen molar-refractivity contribution in [2.45, 2.75) is 13.8 Å². The Morgan fingerprint density at radius 1 is 1.00 bits per heavy atom. The molecule has 3 rings (SSSR count). The van der Waals surface area contributed by atoms with Crippen LogP contribution in [-0.4, -0.2) is 28.4 Å². The average molecular weight is 368 g/mol. The highest BCUT2D eigenvalue weighted by Crippen LogP contribution is 2.18. The fourth-order valence-electron chi connectivity index (χ4n) is 2.41. The maximum atomic E-state index is 12.1. The van der Waals surface area contributed by atoms with E-state index in [2.05, 4.69) is 20.6 Å². The molecule has 0 fully saturated rings. The van der Waals surface area contributed by atoms with Gasteiger partial charge in [-0.2, -0.15) is 0 Å². The fraction of sp³-hybridized carbons (Fsp3) is 0.211. The van der Waals surface area contributed by atoms with Gasteiger partial charge in [-0.05, 0) is 30.3 Å². The third kappa shape index (κ3) is 4.75. The van der Waals surface area contributed by atoms with Crippen molar-refractivity contribution in [1.82, 2.24) is 9.97 Å². The summed E-state index contributed by atoms with van der Waals surface area (Å²) in [5, 5.41) is 5.48. The van der Waals surface area contributed by atoms with Crippen LogP contribution in [0.15, 0.2) is 47.3 Å². The Bertz CT molecular complexity index is 1040. The van der Waals surface area contributed by atoms with E-state index in [9.17, 15) is 14.4 Å². The quantitative estimate of drug-likeness (QED) is 0.535. The number of hydrogen-bond donors (Lipinski definition) is 4. The first-order valence-electron chi connectivity index (χ1n) is 8.46. The number of rotatable bonds is 6. The van der Waals surface area contributed by atoms with Crippen LogP contribution in [0.25, 0.3) is 11.0 Å². The first-order chi connectivity index (χ1) is 12.9. The van der Waals surface area contributed by atoms with Gasteiger partial charge in [-0.25, -0.2) is 4.79 Å². The Morgan fingerprint density at radius 3 is 2.52 bits per heavy atom. The summed E-state index contributed by atoms with van der Waals surface area (Å²) in [6, 6.07) is 11.9. The zero-order valence-electron chi connectivity index (χ0n) is 15.0. The van der Waals surface area contributed by atoms with Crippen LogP contribution in [0.2, 0.25) is 0 Å². The van der Waals surface area contributed by atoms with Gasteiger partial charge < -0.3 is 25.3 Å². The van der Waals surface area contributed by atoms with Crippen LogP contribution in [-0.2, 0) is 9.59 Å². The summed E-state index contributed by atoms with van der Waals surface area (Å²) in [5.41, 5.74) is 2.11. The second-order valence-corrected chi connectivity index (χ2v) is 6.35. The molecule has 2 aromatic carbocycles. The van der Waals surface area contributed by atoms with Gasteiger partial charge in [-0.15, -0.1) is 0 Å². The number of fused-ring (bicyclic) bond motifs is 1. The van der Waals surface area contributed by atoms with Crippen molar-refractivity contribution in [1.29, 1.82) is 0 Å². The van der Waals surface area contributed by atoms with Crippen molar-refractivity contribution in [3.8, 4) is 5.75 Å². The largest absolute Gasteiger partial charge is 0.484 e. The SMILES string of the molecule is CC(C)C(=O)Nc1cccc(OCC(=O)Nc2ccc3[nH]c(=O)[nH]c3c2)c1. The smallest absolute Gasteiger partial charge is 0.323 e. The summed E-state index contributed by atoms with van der Waals surface area (Å²) in [6.45, 7) is 3.42. The normalized spacial score (nSPS) is 10.8. The third-order valence-corrected chi connectivity index (χ3v) is 3.80. The maximum Gasteiger partial charge on any atom is 0.323 e. The van der Waals surface area contributed by atoms with Crippen molar-refractivity contribution in [2.24, 2.45) is 5.92 Å². The molecule has 1 aromatic heterocycles. The van der Waals surface area contributed by atoms with Crippen molar-refractivity contribution in [3.63, 3.8) is 0 Å². The molecule has 0 aliphatic heterocycles. The van der Waals surface area contributed by atoms with Crippen LogP contribution in [0.3, 0.4) is 0 Å². The second kappa shape index (κ2) is 7.77. The van der Waals surface area contributed by atoms with Crippen LogP contribution in [0.1, 0.15) is 13.8 Å². The Hall–Kier alpha value is -3.55. The molecule has 0 radical (unpaired) electrons. The zero-order valence-corrected chi connectivity index (χ0v) is 15.0. The van der Waals surface area contributed by atoms with E-state index in [4.69, 9.17) is 4.74 Å². The highest BCUT2D eigenvalue weighted by Gasteiger charge is 2.09. The molecule has 0 saturated carbocycles. The molecule has 8 nitrogen and oxygen atoms in total. The molecule has 27 heavy (non-hydrogen) atoms. The molecule has 2 amide bonds. The standard InChI is InChI=1S/C19H20N4O4/c1-11(2)18(25)21-12-4-3-5-14(8-12)27-10-17(24)20-13-6-7-15-16(9-13)23-19(26)22-15/h3-9,11H,10H2,1-2H3,(H,20,24)(H,21,25)(H2,22,23,26). The molecule has 0 saturated heterocycles. The summed E-state index contributed by atoms with van der Waals surface area (Å²) < 4.78 is 5.49. The third-order valence-electron chi connectivity index (χ3n) is 3.80. The van der Waals surface area contributed by atoms with E-state index in [1.807, 2.05) is 0 Å². The van der Waals surface area contributed by atoms with Gasteiger partial charge in [0.2, 0.25) is 5.91 Å². The van der Waals surface area contributed by atoms with E-state index in [-0.39, 0.29) is 30.0 Å². The summed E-state index contributed by atoms with van der Waals surface area (Å²) in [4.78, 5) is 40.4. The lowest BCUT2D eigenvalue weighted by molar-refractivity contribution is -0.119. The highest BCUT2D eigenvalue weighted by molar-refractivity contribution is 5.94.